The predicted octanol–water partition coefficient (Wildman–Crippen LogP) is 2.77. The van der Waals surface area contributed by atoms with Crippen LogP contribution in [-0.4, -0.2) is 26.6 Å². The molecule has 4 heteroatoms. The molecule has 1 aromatic carbocycles. The number of aliphatic imine (C=N–C) groups is 1. The second-order valence-electron chi connectivity index (χ2n) is 4.68. The van der Waals surface area contributed by atoms with E-state index in [-0.39, 0.29) is 0 Å². The lowest BCUT2D eigenvalue weighted by Gasteiger charge is -2.11. The number of nitrogens with zero attached hydrogens (tertiary/aromatic N) is 1. The highest BCUT2D eigenvalue weighted by molar-refractivity contribution is 5.82. The van der Waals surface area contributed by atoms with E-state index in [1.165, 1.54) is 24.8 Å². The molecule has 0 saturated carbocycles. The Bertz CT molecular complexity index is 444. The lowest BCUT2D eigenvalue weighted by atomic mass is 10.2. The van der Waals surface area contributed by atoms with Crippen molar-refractivity contribution < 1.29 is 9.47 Å². The maximum atomic E-state index is 5.31. The fraction of sp³-hybridized carbons (Fsp3) is 0.533. The third kappa shape index (κ3) is 3.88. The summed E-state index contributed by atoms with van der Waals surface area (Å²) in [6.45, 7) is 1.73. The van der Waals surface area contributed by atoms with Crippen LogP contribution < -0.4 is 14.8 Å². The molecule has 0 spiro atoms. The van der Waals surface area contributed by atoms with Gasteiger partial charge in [0.15, 0.2) is 11.5 Å². The van der Waals surface area contributed by atoms with E-state index in [1.54, 1.807) is 14.2 Å². The van der Waals surface area contributed by atoms with E-state index in [0.29, 0.717) is 0 Å². The van der Waals surface area contributed by atoms with Gasteiger partial charge in [0.05, 0.1) is 20.1 Å². The zero-order valence-electron chi connectivity index (χ0n) is 11.7. The Morgan fingerprint density at radius 1 is 1.11 bits per heavy atom. The van der Waals surface area contributed by atoms with Crippen LogP contribution in [0.15, 0.2) is 23.2 Å². The first kappa shape index (κ1) is 13.7. The third-order valence-electron chi connectivity index (χ3n) is 3.32. The second-order valence-corrected chi connectivity index (χ2v) is 4.68. The Hall–Kier alpha value is -1.71. The van der Waals surface area contributed by atoms with Crippen LogP contribution in [0.5, 0.6) is 11.5 Å². The Labute approximate surface area is 114 Å². The summed E-state index contributed by atoms with van der Waals surface area (Å²) in [7, 11) is 3.31. The second kappa shape index (κ2) is 7.02. The normalized spacial score (nSPS) is 15.4. The molecule has 0 aliphatic carbocycles. The van der Waals surface area contributed by atoms with Crippen molar-refractivity contribution in [3.05, 3.63) is 23.8 Å². The number of hydrogen-bond acceptors (Lipinski definition) is 4. The molecule has 1 heterocycles. The van der Waals surface area contributed by atoms with Crippen LogP contribution in [0.3, 0.4) is 0 Å². The van der Waals surface area contributed by atoms with Crippen molar-refractivity contribution >= 4 is 5.84 Å². The zero-order valence-corrected chi connectivity index (χ0v) is 11.7. The third-order valence-corrected chi connectivity index (χ3v) is 3.32. The molecule has 0 radical (unpaired) electrons. The molecule has 2 rings (SSSR count). The van der Waals surface area contributed by atoms with Gasteiger partial charge in [0.1, 0.15) is 0 Å². The number of amidine groups is 1. The summed E-state index contributed by atoms with van der Waals surface area (Å²) in [6.07, 6.45) is 4.79. The molecular formula is C15H22N2O2. The topological polar surface area (TPSA) is 42.8 Å². The van der Waals surface area contributed by atoms with Crippen molar-refractivity contribution in [3.63, 3.8) is 0 Å². The maximum absolute atomic E-state index is 5.31. The molecule has 0 fully saturated rings. The van der Waals surface area contributed by atoms with Crippen molar-refractivity contribution in [1.82, 2.24) is 5.32 Å². The molecule has 0 atom stereocenters. The Morgan fingerprint density at radius 3 is 2.74 bits per heavy atom. The van der Waals surface area contributed by atoms with Crippen LogP contribution in [0.25, 0.3) is 0 Å². The summed E-state index contributed by atoms with van der Waals surface area (Å²) in [5.74, 6) is 2.66. The molecule has 1 N–H and O–H groups in total. The van der Waals surface area contributed by atoms with Crippen molar-refractivity contribution in [2.45, 2.75) is 32.2 Å². The van der Waals surface area contributed by atoms with Gasteiger partial charge in [-0.2, -0.15) is 0 Å². The number of benzene rings is 1. The van der Waals surface area contributed by atoms with E-state index in [9.17, 15) is 0 Å². The van der Waals surface area contributed by atoms with E-state index in [1.807, 2.05) is 18.2 Å². The first-order valence-electron chi connectivity index (χ1n) is 6.81. The van der Waals surface area contributed by atoms with Crippen molar-refractivity contribution in [2.24, 2.45) is 4.99 Å². The first-order chi connectivity index (χ1) is 9.33. The first-order valence-corrected chi connectivity index (χ1v) is 6.81. The minimum atomic E-state index is 0.762. The molecule has 104 valence electrons. The lowest BCUT2D eigenvalue weighted by Crippen LogP contribution is -2.22. The molecule has 0 unspecified atom stereocenters. The van der Waals surface area contributed by atoms with Gasteiger partial charge in [-0.25, -0.2) is 0 Å². The SMILES string of the molecule is COc1ccc(CNC2=NCCCCC2)cc1OC. The predicted molar refractivity (Wildman–Crippen MR) is 77.2 cm³/mol. The van der Waals surface area contributed by atoms with Crippen LogP contribution >= 0.6 is 0 Å². The number of methoxy groups -OCH3 is 2. The summed E-state index contributed by atoms with van der Waals surface area (Å²) in [5, 5.41) is 3.42. The minimum Gasteiger partial charge on any atom is -0.493 e. The van der Waals surface area contributed by atoms with Crippen LogP contribution in [-0.2, 0) is 6.54 Å². The average molecular weight is 262 g/mol. The van der Waals surface area contributed by atoms with E-state index < -0.39 is 0 Å². The van der Waals surface area contributed by atoms with Crippen LogP contribution in [0.1, 0.15) is 31.2 Å². The van der Waals surface area contributed by atoms with Crippen molar-refractivity contribution in [1.29, 1.82) is 0 Å². The Kier molecular flexibility index (Phi) is 5.07. The monoisotopic (exact) mass is 262 g/mol. The average Bonchev–Trinajstić information content (AvgIpc) is 2.73. The van der Waals surface area contributed by atoms with Crippen LogP contribution in [0.2, 0.25) is 0 Å². The minimum absolute atomic E-state index is 0.762. The largest absolute Gasteiger partial charge is 0.493 e. The standard InChI is InChI=1S/C15H22N2O2/c1-18-13-8-7-12(10-14(13)19-2)11-17-15-6-4-3-5-9-16-15/h7-8,10H,3-6,9,11H2,1-2H3,(H,16,17). The molecule has 0 amide bonds. The van der Waals surface area contributed by atoms with Gasteiger partial charge in [-0.15, -0.1) is 0 Å². The molecule has 0 aromatic heterocycles. The van der Waals surface area contributed by atoms with E-state index >= 15 is 0 Å². The van der Waals surface area contributed by atoms with Gasteiger partial charge >= 0.3 is 0 Å². The fourth-order valence-electron chi connectivity index (χ4n) is 2.21. The van der Waals surface area contributed by atoms with Gasteiger partial charge in [0.2, 0.25) is 0 Å². The van der Waals surface area contributed by atoms with E-state index in [4.69, 9.17) is 9.47 Å². The highest BCUT2D eigenvalue weighted by Gasteiger charge is 2.06. The summed E-state index contributed by atoms with van der Waals surface area (Å²) in [6, 6.07) is 5.99. The van der Waals surface area contributed by atoms with Crippen LogP contribution in [0, 0.1) is 0 Å². The number of ether oxygens (including phenoxy) is 2. The van der Waals surface area contributed by atoms with Gasteiger partial charge in [0, 0.05) is 19.5 Å². The summed E-state index contributed by atoms with van der Waals surface area (Å²) >= 11 is 0. The molecule has 1 aliphatic rings. The molecule has 1 aliphatic heterocycles. The zero-order chi connectivity index (χ0) is 13.5. The summed E-state index contributed by atoms with van der Waals surface area (Å²) < 4.78 is 10.5. The van der Waals surface area contributed by atoms with Gasteiger partial charge in [-0.3, -0.25) is 4.99 Å². The van der Waals surface area contributed by atoms with Gasteiger partial charge in [0.25, 0.3) is 0 Å². The highest BCUT2D eigenvalue weighted by Crippen LogP contribution is 2.27. The van der Waals surface area contributed by atoms with Gasteiger partial charge in [-0.1, -0.05) is 12.5 Å². The number of rotatable bonds is 4. The lowest BCUT2D eigenvalue weighted by molar-refractivity contribution is 0.354. The smallest absolute Gasteiger partial charge is 0.161 e. The van der Waals surface area contributed by atoms with Gasteiger partial charge in [-0.05, 0) is 30.5 Å². The summed E-state index contributed by atoms with van der Waals surface area (Å²) in [4.78, 5) is 4.56. The van der Waals surface area contributed by atoms with Crippen LogP contribution in [0.4, 0.5) is 0 Å². The van der Waals surface area contributed by atoms with Gasteiger partial charge < -0.3 is 14.8 Å². The highest BCUT2D eigenvalue weighted by atomic mass is 16.5. The van der Waals surface area contributed by atoms with Crippen molar-refractivity contribution in [3.8, 4) is 11.5 Å². The van der Waals surface area contributed by atoms with Crippen molar-refractivity contribution in [2.75, 3.05) is 20.8 Å². The molecule has 0 saturated heterocycles. The van der Waals surface area contributed by atoms with E-state index in [0.717, 1.165) is 36.8 Å². The Balaban J connectivity index is 1.97. The number of nitrogens with one attached hydrogen (secondary N) is 1. The molecule has 4 nitrogen and oxygen atoms in total. The fourth-order valence-corrected chi connectivity index (χ4v) is 2.21. The molecule has 1 aromatic rings. The maximum Gasteiger partial charge on any atom is 0.161 e. The molecular weight excluding hydrogens is 240 g/mol. The summed E-state index contributed by atoms with van der Waals surface area (Å²) in [5.41, 5.74) is 1.17. The quantitative estimate of drug-likeness (QED) is 0.907. The molecule has 0 bridgehead atoms. The Morgan fingerprint density at radius 2 is 1.95 bits per heavy atom. The molecule has 19 heavy (non-hydrogen) atoms. The van der Waals surface area contributed by atoms with E-state index in [2.05, 4.69) is 10.3 Å². The number of hydrogen-bond donors (Lipinski definition) is 1.